The van der Waals surface area contributed by atoms with E-state index in [0.717, 1.165) is 113 Å². The van der Waals surface area contributed by atoms with E-state index in [1.807, 2.05) is 0 Å². The zero-order valence-corrected chi connectivity index (χ0v) is 58.8. The number of alkyl halides is 18. The number of unbranched alkanes of at least 4 members (excludes halogenated alkanes) is 1. The molecule has 0 aromatic heterocycles. The van der Waals surface area contributed by atoms with Crippen molar-refractivity contribution < 1.29 is 133 Å². The normalized spacial score (nSPS) is 35.4. The number of hydrogen-bond acceptors (Lipinski definition) is 11. The fraction of sp³-hybridized carbons (Fsp3) is 1.00. The molecule has 5 N–H and O–H groups in total. The topological polar surface area (TPSA) is 157 Å². The van der Waals surface area contributed by atoms with Gasteiger partial charge in [-0.1, -0.05) is 75.7 Å². The van der Waals surface area contributed by atoms with Crippen molar-refractivity contribution >= 4 is 0 Å². The Kier molecular flexibility index (Phi) is 31.6. The second-order valence-electron chi connectivity index (χ2n) is 32.1. The highest BCUT2D eigenvalue weighted by Crippen LogP contribution is 2.59. The van der Waals surface area contributed by atoms with Crippen molar-refractivity contribution in [1.29, 1.82) is 0 Å². The molecular formula is C70H116F18O11. The molecule has 8 bridgehead atoms. The molecular weight excluding hydrogens is 1360 g/mol. The minimum atomic E-state index is -5.86. The highest BCUT2D eigenvalue weighted by Gasteiger charge is 2.71. The van der Waals surface area contributed by atoms with Gasteiger partial charge in [-0.2, -0.15) is 79.0 Å². The van der Waals surface area contributed by atoms with E-state index >= 15 is 0 Å². The first-order chi connectivity index (χ1) is 44.6. The Morgan fingerprint density at radius 1 is 0.313 bits per heavy atom. The number of aliphatic hydroxyl groups is 5. The lowest BCUT2D eigenvalue weighted by molar-refractivity contribution is -0.378. The lowest BCUT2D eigenvalue weighted by Gasteiger charge is -2.34. The van der Waals surface area contributed by atoms with Crippen LogP contribution >= 0.6 is 0 Å². The first-order valence-electron chi connectivity index (χ1n) is 35.1. The average molecular weight is 1480 g/mol. The predicted molar refractivity (Wildman–Crippen MR) is 334 cm³/mol. The third kappa shape index (κ3) is 22.7. The molecule has 29 heteroatoms. The van der Waals surface area contributed by atoms with Gasteiger partial charge in [0.15, 0.2) is 22.4 Å². The van der Waals surface area contributed by atoms with Crippen molar-refractivity contribution in [2.24, 2.45) is 124 Å². The molecule has 8 rings (SSSR count). The average Bonchev–Trinajstić information content (AvgIpc) is 1.71. The van der Waals surface area contributed by atoms with Gasteiger partial charge in [0.1, 0.15) is 0 Å². The van der Waals surface area contributed by atoms with Crippen LogP contribution in [0.1, 0.15) is 174 Å². The van der Waals surface area contributed by atoms with E-state index in [1.165, 1.54) is 25.7 Å². The molecule has 99 heavy (non-hydrogen) atoms. The van der Waals surface area contributed by atoms with Crippen LogP contribution in [0.3, 0.4) is 0 Å². The molecule has 0 amide bonds. The van der Waals surface area contributed by atoms with Crippen LogP contribution in [0, 0.1) is 124 Å². The Morgan fingerprint density at radius 2 is 0.606 bits per heavy atom. The second kappa shape index (κ2) is 34.9. The third-order valence-electron chi connectivity index (χ3n) is 25.2. The van der Waals surface area contributed by atoms with E-state index in [0.29, 0.717) is 111 Å². The largest absolute Gasteiger partial charge is 0.428 e. The van der Waals surface area contributed by atoms with Crippen LogP contribution in [-0.4, -0.2) is 170 Å². The quantitative estimate of drug-likeness (QED) is 0.0359. The maximum Gasteiger partial charge on any atom is 0.428 e. The van der Waals surface area contributed by atoms with Crippen molar-refractivity contribution in [2.75, 3.05) is 79.3 Å². The molecule has 8 fully saturated rings. The van der Waals surface area contributed by atoms with Gasteiger partial charge in [-0.25, -0.2) is 0 Å². The summed E-state index contributed by atoms with van der Waals surface area (Å²) in [6.07, 6.45) is -17.0. The van der Waals surface area contributed by atoms with Crippen LogP contribution in [0.15, 0.2) is 0 Å². The lowest BCUT2D eigenvalue weighted by atomic mass is 9.73. The van der Waals surface area contributed by atoms with Crippen LogP contribution in [-0.2, 0) is 28.4 Å². The van der Waals surface area contributed by atoms with E-state index in [9.17, 15) is 99.5 Å². The molecule has 0 heterocycles. The summed E-state index contributed by atoms with van der Waals surface area (Å²) >= 11 is 0. The number of rotatable bonds is 29. The highest BCUT2D eigenvalue weighted by molar-refractivity contribution is 5.01. The predicted octanol–water partition coefficient (Wildman–Crippen LogP) is 17.1. The zero-order chi connectivity index (χ0) is 74.5. The molecule has 8 aliphatic carbocycles. The smallest absolute Gasteiger partial charge is 0.379 e. The van der Waals surface area contributed by atoms with Gasteiger partial charge in [0.25, 0.3) is 5.60 Å². The van der Waals surface area contributed by atoms with Gasteiger partial charge in [-0.15, -0.1) is 0 Å². The summed E-state index contributed by atoms with van der Waals surface area (Å²) in [7, 11) is 0. The molecule has 0 radical (unpaired) electrons. The van der Waals surface area contributed by atoms with Crippen molar-refractivity contribution in [2.45, 2.75) is 239 Å². The Bertz CT molecular complexity index is 2330. The van der Waals surface area contributed by atoms with Crippen molar-refractivity contribution in [3.63, 3.8) is 0 Å². The van der Waals surface area contributed by atoms with E-state index in [4.69, 9.17) is 28.8 Å². The number of halogens is 18. The molecule has 8 aliphatic rings. The highest BCUT2D eigenvalue weighted by atomic mass is 19.4. The molecule has 0 spiro atoms. The summed E-state index contributed by atoms with van der Waals surface area (Å²) in [6, 6.07) is 0. The Labute approximate surface area is 574 Å². The summed E-state index contributed by atoms with van der Waals surface area (Å²) in [6.45, 7) is 15.8. The molecule has 8 saturated carbocycles. The number of ether oxygens (including phenoxy) is 6. The Balaban J connectivity index is 0.000000283. The van der Waals surface area contributed by atoms with Crippen LogP contribution < -0.4 is 0 Å². The molecule has 24 atom stereocenters. The SMILES string of the molecule is C.CC1C2CC(CC(COCC(C)(O)C(F)(F)F)COCC(C)(O)C(F)(F)F)C(C2)C1C.CC1C2CC(CCCCOCC(C)(O)C(F)(F)F)C(C2)C1C.CC1C2CC(CCOCC(C)(O)C(F)(F)F)C(C2)C1C.CC1C2CC(COCCOCC(O)(C(F)(F)F)C(F)(F)F)C(C2)C1C. The third-order valence-corrected chi connectivity index (χ3v) is 25.2. The molecule has 11 nitrogen and oxygen atoms in total. The maximum absolute atomic E-state index is 12.8. The summed E-state index contributed by atoms with van der Waals surface area (Å²) in [5.41, 5.74) is -16.4. The molecule has 0 aliphatic heterocycles. The summed E-state index contributed by atoms with van der Waals surface area (Å²) in [5, 5.41) is 46.5. The van der Waals surface area contributed by atoms with Gasteiger partial charge in [-0.05, 0) is 217 Å². The minimum Gasteiger partial charge on any atom is -0.379 e. The summed E-state index contributed by atoms with van der Waals surface area (Å²) < 4.78 is 256. The standard InChI is InChI=1S/C21H34F6O4.C17H29F3O2.C16H24F6O3.C15H25F3O2.CH4/c1-12-13(2)17-7-15(12)6-16(17)5-14(8-30-10-18(3,28)20(22,23)24)9-31-11-19(4,29)21(25,26)27;1-11-12(2)15-9-14(11)8-13(15)6-4-5-7-22-10-16(3,21)17(18,19)20;1-9-10(2)13-6-11(9)5-12(13)7-24-3-4-25-8-14(23,15(17,18)19)16(20,21)22;1-9-10(2)13-7-12(9)6-11(13)4-5-20-8-14(3,19)15(16,17)18;/h12-17,28-29H,5-11H2,1-4H3;11-15,21H,4-10H2,1-3H3;9-13,23H,3-8H2,1-2H3;9-13,19H,4-8H2,1-3H3;1H4. The van der Waals surface area contributed by atoms with Crippen molar-refractivity contribution in [3.8, 4) is 0 Å². The molecule has 588 valence electrons. The van der Waals surface area contributed by atoms with Crippen LogP contribution in [0.5, 0.6) is 0 Å². The van der Waals surface area contributed by atoms with Gasteiger partial charge < -0.3 is 54.0 Å². The van der Waals surface area contributed by atoms with Crippen LogP contribution in [0.25, 0.3) is 0 Å². The Hall–Kier alpha value is -1.70. The van der Waals surface area contributed by atoms with E-state index < -0.39 is 111 Å². The van der Waals surface area contributed by atoms with Crippen LogP contribution in [0.4, 0.5) is 79.0 Å². The van der Waals surface area contributed by atoms with Gasteiger partial charge in [0.05, 0.1) is 59.5 Å². The second-order valence-corrected chi connectivity index (χ2v) is 32.1. The molecule has 24 unspecified atom stereocenters. The first-order valence-corrected chi connectivity index (χ1v) is 35.1. The lowest BCUT2D eigenvalue weighted by Crippen LogP contribution is -2.60. The monoisotopic (exact) mass is 1470 g/mol. The first kappa shape index (κ1) is 89.7. The van der Waals surface area contributed by atoms with E-state index in [1.54, 1.807) is 0 Å². The molecule has 0 saturated heterocycles. The number of fused-ring (bicyclic) bond motifs is 8. The zero-order valence-electron chi connectivity index (χ0n) is 58.8. The van der Waals surface area contributed by atoms with Crippen LogP contribution in [0.2, 0.25) is 0 Å². The van der Waals surface area contributed by atoms with Crippen molar-refractivity contribution in [1.82, 2.24) is 0 Å². The van der Waals surface area contributed by atoms with Crippen molar-refractivity contribution in [3.05, 3.63) is 0 Å². The fourth-order valence-electron chi connectivity index (χ4n) is 17.6. The van der Waals surface area contributed by atoms with E-state index in [-0.39, 0.29) is 27.2 Å². The minimum absolute atomic E-state index is 0. The summed E-state index contributed by atoms with van der Waals surface area (Å²) in [5.74, 6) is 12.8. The van der Waals surface area contributed by atoms with Gasteiger partial charge in [-0.3, -0.25) is 0 Å². The summed E-state index contributed by atoms with van der Waals surface area (Å²) in [4.78, 5) is 0. The molecule has 0 aromatic carbocycles. The number of hydrogen-bond donors (Lipinski definition) is 5. The molecule has 0 aromatic rings. The maximum atomic E-state index is 12.8. The van der Waals surface area contributed by atoms with Gasteiger partial charge in [0, 0.05) is 25.7 Å². The van der Waals surface area contributed by atoms with Gasteiger partial charge in [0.2, 0.25) is 0 Å². The van der Waals surface area contributed by atoms with Gasteiger partial charge >= 0.3 is 37.1 Å². The van der Waals surface area contributed by atoms with E-state index in [2.05, 4.69) is 60.1 Å². The Morgan fingerprint density at radius 3 is 0.949 bits per heavy atom. The fourth-order valence-corrected chi connectivity index (χ4v) is 17.6.